The van der Waals surface area contributed by atoms with Crippen molar-refractivity contribution >= 4 is 21.7 Å². The third-order valence-electron chi connectivity index (χ3n) is 1.78. The highest BCUT2D eigenvalue weighted by Crippen LogP contribution is 2.16. The van der Waals surface area contributed by atoms with E-state index in [0.717, 1.165) is 0 Å². The highest BCUT2D eigenvalue weighted by atomic mass is 79.9. The Labute approximate surface area is 99.2 Å². The summed E-state index contributed by atoms with van der Waals surface area (Å²) in [7, 11) is 0. The van der Waals surface area contributed by atoms with Gasteiger partial charge in [0.15, 0.2) is 17.5 Å². The molecule has 0 aromatic carbocycles. The number of aryl methyl sites for hydroxylation is 1. The first-order valence-electron chi connectivity index (χ1n) is 4.49. The summed E-state index contributed by atoms with van der Waals surface area (Å²) in [6.45, 7) is 1.96. The van der Waals surface area contributed by atoms with Crippen molar-refractivity contribution in [3.8, 4) is 0 Å². The van der Waals surface area contributed by atoms with Gasteiger partial charge in [0.05, 0.1) is 6.54 Å². The maximum atomic E-state index is 13.3. The predicted molar refractivity (Wildman–Crippen MR) is 58.3 cm³/mol. The zero-order valence-corrected chi connectivity index (χ0v) is 9.95. The van der Waals surface area contributed by atoms with Crippen LogP contribution < -0.4 is 5.32 Å². The summed E-state index contributed by atoms with van der Waals surface area (Å²) in [5, 5.41) is 6.38. The Morgan fingerprint density at radius 3 is 3.00 bits per heavy atom. The van der Waals surface area contributed by atoms with Gasteiger partial charge in [-0.1, -0.05) is 5.16 Å². The van der Waals surface area contributed by atoms with E-state index in [-0.39, 0.29) is 12.4 Å². The molecule has 16 heavy (non-hydrogen) atoms. The Bertz CT molecular complexity index is 502. The van der Waals surface area contributed by atoms with E-state index in [2.05, 4.69) is 36.4 Å². The van der Waals surface area contributed by atoms with Crippen LogP contribution in [-0.2, 0) is 6.54 Å². The van der Waals surface area contributed by atoms with E-state index in [1.807, 2.05) is 0 Å². The number of aromatic nitrogens is 3. The van der Waals surface area contributed by atoms with Crippen LogP contribution in [0.25, 0.3) is 0 Å². The second kappa shape index (κ2) is 4.56. The summed E-state index contributed by atoms with van der Waals surface area (Å²) < 4.78 is 18.8. The predicted octanol–water partition coefficient (Wildman–Crippen LogP) is 2.29. The maximum Gasteiger partial charge on any atom is 0.245 e. The van der Waals surface area contributed by atoms with Crippen LogP contribution in [0.15, 0.2) is 21.3 Å². The number of hydrogen-bond donors (Lipinski definition) is 1. The first-order valence-corrected chi connectivity index (χ1v) is 5.28. The zero-order valence-electron chi connectivity index (χ0n) is 8.37. The molecule has 1 N–H and O–H groups in total. The molecule has 0 atom stereocenters. The second-order valence-corrected chi connectivity index (χ2v) is 3.99. The molecule has 5 nitrogen and oxygen atoms in total. The number of pyridine rings is 1. The van der Waals surface area contributed by atoms with Crippen LogP contribution in [-0.4, -0.2) is 15.1 Å². The van der Waals surface area contributed by atoms with Gasteiger partial charge in [-0.3, -0.25) is 0 Å². The summed E-state index contributed by atoms with van der Waals surface area (Å²) in [6, 6.07) is 1.33. The zero-order chi connectivity index (χ0) is 11.5. The van der Waals surface area contributed by atoms with Crippen molar-refractivity contribution in [2.24, 2.45) is 0 Å². The van der Waals surface area contributed by atoms with Gasteiger partial charge in [0.1, 0.15) is 0 Å². The summed E-state index contributed by atoms with van der Waals surface area (Å²) in [6.07, 6.45) is 1.50. The van der Waals surface area contributed by atoms with Gasteiger partial charge in [0.25, 0.3) is 0 Å². The lowest BCUT2D eigenvalue weighted by molar-refractivity contribution is 0.379. The van der Waals surface area contributed by atoms with Gasteiger partial charge in [-0.2, -0.15) is 4.98 Å². The maximum absolute atomic E-state index is 13.3. The molecule has 0 unspecified atom stereocenters. The van der Waals surface area contributed by atoms with Gasteiger partial charge < -0.3 is 9.84 Å². The van der Waals surface area contributed by atoms with Gasteiger partial charge in [-0.25, -0.2) is 9.37 Å². The van der Waals surface area contributed by atoms with Crippen molar-refractivity contribution in [1.29, 1.82) is 0 Å². The molecule has 0 spiro atoms. The van der Waals surface area contributed by atoms with Gasteiger partial charge in [0.2, 0.25) is 5.89 Å². The second-order valence-electron chi connectivity index (χ2n) is 3.07. The summed E-state index contributed by atoms with van der Waals surface area (Å²) >= 11 is 3.12. The van der Waals surface area contributed by atoms with Crippen LogP contribution >= 0.6 is 15.9 Å². The Balaban J connectivity index is 2.04. The van der Waals surface area contributed by atoms with Crippen molar-refractivity contribution in [1.82, 2.24) is 15.1 Å². The molecule has 0 radical (unpaired) electrons. The molecule has 0 aliphatic carbocycles. The lowest BCUT2D eigenvalue weighted by Crippen LogP contribution is -2.03. The normalized spacial score (nSPS) is 10.4. The number of anilines is 1. The number of halogens is 2. The van der Waals surface area contributed by atoms with Crippen molar-refractivity contribution in [3.63, 3.8) is 0 Å². The Kier molecular flexibility index (Phi) is 3.14. The quantitative estimate of drug-likeness (QED) is 0.938. The number of rotatable bonds is 3. The number of nitrogens with one attached hydrogen (secondary N) is 1. The van der Waals surface area contributed by atoms with E-state index in [1.54, 1.807) is 6.92 Å². The van der Waals surface area contributed by atoms with E-state index >= 15 is 0 Å². The third kappa shape index (κ3) is 2.54. The highest BCUT2D eigenvalue weighted by molar-refractivity contribution is 9.10. The van der Waals surface area contributed by atoms with Crippen molar-refractivity contribution in [3.05, 3.63) is 34.3 Å². The first-order chi connectivity index (χ1) is 7.65. The SMILES string of the molecule is Cc1noc(CNc2ncc(Br)cc2F)n1. The van der Waals surface area contributed by atoms with Crippen LogP contribution in [0.1, 0.15) is 11.7 Å². The summed E-state index contributed by atoms with van der Waals surface area (Å²) in [5.74, 6) is 0.646. The largest absolute Gasteiger partial charge is 0.359 e. The van der Waals surface area contributed by atoms with E-state index in [0.29, 0.717) is 16.2 Å². The third-order valence-corrected chi connectivity index (χ3v) is 2.22. The lowest BCUT2D eigenvalue weighted by atomic mass is 10.4. The molecule has 0 bridgehead atoms. The van der Waals surface area contributed by atoms with E-state index < -0.39 is 5.82 Å². The lowest BCUT2D eigenvalue weighted by Gasteiger charge is -2.03. The highest BCUT2D eigenvalue weighted by Gasteiger charge is 2.06. The van der Waals surface area contributed by atoms with Crippen LogP contribution in [0.5, 0.6) is 0 Å². The fraction of sp³-hybridized carbons (Fsp3) is 0.222. The van der Waals surface area contributed by atoms with Crippen molar-refractivity contribution in [2.45, 2.75) is 13.5 Å². The topological polar surface area (TPSA) is 63.8 Å². The minimum Gasteiger partial charge on any atom is -0.359 e. The minimum atomic E-state index is -0.439. The van der Waals surface area contributed by atoms with E-state index in [1.165, 1.54) is 12.3 Å². The molecule has 2 aromatic rings. The molecule has 84 valence electrons. The minimum absolute atomic E-state index is 0.152. The van der Waals surface area contributed by atoms with Gasteiger partial charge in [0, 0.05) is 10.7 Å². The van der Waals surface area contributed by atoms with E-state index in [4.69, 9.17) is 4.52 Å². The van der Waals surface area contributed by atoms with Gasteiger partial charge in [-0.15, -0.1) is 0 Å². The average molecular weight is 287 g/mol. The van der Waals surface area contributed by atoms with Crippen LogP contribution in [0.4, 0.5) is 10.2 Å². The monoisotopic (exact) mass is 286 g/mol. The Morgan fingerprint density at radius 2 is 2.38 bits per heavy atom. The molecule has 2 heterocycles. The Hall–Kier alpha value is -1.50. The summed E-state index contributed by atoms with van der Waals surface area (Å²) in [5.41, 5.74) is 0. The molecule has 0 amide bonds. The van der Waals surface area contributed by atoms with E-state index in [9.17, 15) is 4.39 Å². The van der Waals surface area contributed by atoms with Crippen molar-refractivity contribution in [2.75, 3.05) is 5.32 Å². The molecule has 0 aliphatic heterocycles. The van der Waals surface area contributed by atoms with Crippen LogP contribution in [0.3, 0.4) is 0 Å². The molecule has 0 saturated carbocycles. The molecule has 7 heteroatoms. The van der Waals surface area contributed by atoms with Crippen LogP contribution in [0.2, 0.25) is 0 Å². The molecule has 2 aromatic heterocycles. The number of hydrogen-bond acceptors (Lipinski definition) is 5. The first kappa shape index (κ1) is 11.0. The molecule has 0 fully saturated rings. The fourth-order valence-electron chi connectivity index (χ4n) is 1.12. The van der Waals surface area contributed by atoms with Gasteiger partial charge in [-0.05, 0) is 28.9 Å². The fourth-order valence-corrected chi connectivity index (χ4v) is 1.42. The van der Waals surface area contributed by atoms with Crippen molar-refractivity contribution < 1.29 is 8.91 Å². The van der Waals surface area contributed by atoms with Crippen LogP contribution in [0, 0.1) is 12.7 Å². The molecule has 2 rings (SSSR count). The smallest absolute Gasteiger partial charge is 0.245 e. The molecule has 0 aliphatic rings. The molecular formula is C9H8BrFN4O. The average Bonchev–Trinajstić information content (AvgIpc) is 2.63. The molecule has 0 saturated heterocycles. The molecular weight excluding hydrogens is 279 g/mol. The standard InChI is InChI=1S/C9H8BrFN4O/c1-5-14-8(16-15-5)4-13-9-7(11)2-6(10)3-12-9/h2-3H,4H2,1H3,(H,12,13). The van der Waals surface area contributed by atoms with Gasteiger partial charge >= 0.3 is 0 Å². The number of nitrogens with zero attached hydrogens (tertiary/aromatic N) is 3. The summed E-state index contributed by atoms with van der Waals surface area (Å²) in [4.78, 5) is 7.85. The Morgan fingerprint density at radius 1 is 1.56 bits per heavy atom.